The third kappa shape index (κ3) is 5.84. The summed E-state index contributed by atoms with van der Waals surface area (Å²) in [5.41, 5.74) is 1.13. The monoisotopic (exact) mass is 297 g/mol. The molecule has 1 heterocycles. The van der Waals surface area contributed by atoms with Crippen molar-refractivity contribution >= 4 is 23.1 Å². The van der Waals surface area contributed by atoms with Crippen LogP contribution in [0.15, 0.2) is 6.07 Å². The van der Waals surface area contributed by atoms with E-state index in [4.69, 9.17) is 0 Å². The van der Waals surface area contributed by atoms with Gasteiger partial charge in [-0.2, -0.15) is 0 Å². The molecule has 0 saturated carbocycles. The number of carboxylic acids is 1. The lowest BCUT2D eigenvalue weighted by Crippen LogP contribution is -2.48. The molecule has 0 radical (unpaired) electrons. The van der Waals surface area contributed by atoms with Crippen molar-refractivity contribution in [1.29, 1.82) is 0 Å². The molecule has 1 aromatic rings. The standard InChI is InChI=1S/C15H23NO3S/c1-11-8-13(12(2)20-11)9-14(17)6-5-7-16(3,4)10-15(18)19/h8H,5-7,9-10H2,1-4H3. The van der Waals surface area contributed by atoms with Gasteiger partial charge in [-0.1, -0.05) is 0 Å². The van der Waals surface area contributed by atoms with Gasteiger partial charge < -0.3 is 14.4 Å². The zero-order valence-corrected chi connectivity index (χ0v) is 13.5. The van der Waals surface area contributed by atoms with Crippen molar-refractivity contribution < 1.29 is 19.2 Å². The van der Waals surface area contributed by atoms with Crippen LogP contribution < -0.4 is 5.11 Å². The first kappa shape index (κ1) is 16.9. The Bertz CT molecular complexity index is 491. The van der Waals surface area contributed by atoms with E-state index in [9.17, 15) is 14.7 Å². The number of nitrogens with zero attached hydrogens (tertiary/aromatic N) is 1. The van der Waals surface area contributed by atoms with Crippen LogP contribution in [0.1, 0.15) is 28.2 Å². The van der Waals surface area contributed by atoms with Gasteiger partial charge in [-0.25, -0.2) is 0 Å². The molecule has 0 spiro atoms. The van der Waals surface area contributed by atoms with Gasteiger partial charge in [0.15, 0.2) is 0 Å². The van der Waals surface area contributed by atoms with E-state index < -0.39 is 5.97 Å². The molecule has 0 N–H and O–H groups in total. The minimum absolute atomic E-state index is 0.0168. The van der Waals surface area contributed by atoms with E-state index in [2.05, 4.69) is 6.07 Å². The first-order chi connectivity index (χ1) is 9.19. The van der Waals surface area contributed by atoms with Gasteiger partial charge in [-0.05, 0) is 25.5 Å². The molecule has 0 aliphatic carbocycles. The van der Waals surface area contributed by atoms with Crippen molar-refractivity contribution in [2.75, 3.05) is 27.2 Å². The maximum Gasteiger partial charge on any atom is 0.137 e. The molecule has 4 nitrogen and oxygen atoms in total. The zero-order valence-electron chi connectivity index (χ0n) is 12.7. The molecule has 5 heteroatoms. The molecule has 0 aromatic carbocycles. The quantitative estimate of drug-likeness (QED) is 0.675. The normalized spacial score (nSPS) is 11.6. The summed E-state index contributed by atoms with van der Waals surface area (Å²) in [5.74, 6) is -0.829. The highest BCUT2D eigenvalue weighted by Gasteiger charge is 2.16. The number of hydrogen-bond donors (Lipinski definition) is 0. The van der Waals surface area contributed by atoms with Crippen molar-refractivity contribution in [2.24, 2.45) is 0 Å². The highest BCUT2D eigenvalue weighted by Crippen LogP contribution is 2.21. The fraction of sp³-hybridized carbons (Fsp3) is 0.600. The summed E-state index contributed by atoms with van der Waals surface area (Å²) in [5, 5.41) is 10.6. The van der Waals surface area contributed by atoms with Crippen molar-refractivity contribution in [3.05, 3.63) is 21.4 Å². The molecule has 20 heavy (non-hydrogen) atoms. The smallest absolute Gasteiger partial charge is 0.137 e. The molecule has 0 unspecified atom stereocenters. The van der Waals surface area contributed by atoms with Crippen LogP contribution in [0.3, 0.4) is 0 Å². The number of quaternary nitrogens is 1. The fourth-order valence-electron chi connectivity index (χ4n) is 2.29. The van der Waals surface area contributed by atoms with Crippen molar-refractivity contribution in [3.63, 3.8) is 0 Å². The Morgan fingerprint density at radius 1 is 1.30 bits per heavy atom. The minimum Gasteiger partial charge on any atom is -0.544 e. The van der Waals surface area contributed by atoms with E-state index in [1.807, 2.05) is 27.9 Å². The Hall–Kier alpha value is -1.20. The minimum atomic E-state index is -1.05. The number of carbonyl (C=O) groups excluding carboxylic acids is 2. The number of thiophene rings is 1. The number of aryl methyl sites for hydroxylation is 2. The van der Waals surface area contributed by atoms with E-state index in [-0.39, 0.29) is 12.3 Å². The lowest BCUT2D eigenvalue weighted by atomic mass is 10.1. The maximum absolute atomic E-state index is 12.0. The first-order valence-corrected chi connectivity index (χ1v) is 7.61. The zero-order chi connectivity index (χ0) is 15.3. The average molecular weight is 297 g/mol. The number of likely N-dealkylation sites (N-methyl/N-ethyl adjacent to an activating group) is 1. The lowest BCUT2D eigenvalue weighted by molar-refractivity contribution is -0.884. The van der Waals surface area contributed by atoms with Gasteiger partial charge in [0.2, 0.25) is 0 Å². The Labute approximate surface area is 124 Å². The maximum atomic E-state index is 12.0. The topological polar surface area (TPSA) is 57.2 Å². The van der Waals surface area contributed by atoms with Crippen LogP contribution in [0.5, 0.6) is 0 Å². The SMILES string of the molecule is Cc1cc(CC(=O)CCC[N+](C)(C)CC(=O)[O-])c(C)s1. The summed E-state index contributed by atoms with van der Waals surface area (Å²) < 4.78 is 0.353. The van der Waals surface area contributed by atoms with Crippen LogP contribution in [-0.4, -0.2) is 43.4 Å². The third-order valence-corrected chi connectivity index (χ3v) is 4.32. The largest absolute Gasteiger partial charge is 0.544 e. The molecule has 0 aliphatic heterocycles. The van der Waals surface area contributed by atoms with Gasteiger partial charge in [0, 0.05) is 29.0 Å². The van der Waals surface area contributed by atoms with E-state index in [1.54, 1.807) is 11.3 Å². The average Bonchev–Trinajstić information content (AvgIpc) is 2.54. The van der Waals surface area contributed by atoms with Crippen LogP contribution in [0.2, 0.25) is 0 Å². The molecular weight excluding hydrogens is 274 g/mol. The number of Topliss-reactive ketones (excluding diaryl/α,β-unsaturated/α-hetero) is 1. The van der Waals surface area contributed by atoms with E-state index >= 15 is 0 Å². The van der Waals surface area contributed by atoms with Gasteiger partial charge in [0.05, 0.1) is 26.6 Å². The Kier molecular flexibility index (Phi) is 5.89. The number of aliphatic carboxylic acids is 1. The summed E-state index contributed by atoms with van der Waals surface area (Å²) in [4.78, 5) is 25.0. The van der Waals surface area contributed by atoms with E-state index in [1.165, 1.54) is 9.75 Å². The number of rotatable bonds is 8. The van der Waals surface area contributed by atoms with Crippen LogP contribution in [0.25, 0.3) is 0 Å². The molecule has 1 rings (SSSR count). The Balaban J connectivity index is 2.37. The van der Waals surface area contributed by atoms with E-state index in [0.29, 0.717) is 30.3 Å². The number of carbonyl (C=O) groups is 2. The molecule has 0 bridgehead atoms. The molecule has 0 aliphatic rings. The van der Waals surface area contributed by atoms with Gasteiger partial charge >= 0.3 is 0 Å². The second kappa shape index (κ2) is 6.99. The van der Waals surface area contributed by atoms with Gasteiger partial charge in [-0.3, -0.25) is 4.79 Å². The van der Waals surface area contributed by atoms with Crippen molar-refractivity contribution in [2.45, 2.75) is 33.1 Å². The fourth-order valence-corrected chi connectivity index (χ4v) is 3.24. The van der Waals surface area contributed by atoms with Crippen LogP contribution in [0.4, 0.5) is 0 Å². The van der Waals surface area contributed by atoms with Gasteiger partial charge in [-0.15, -0.1) is 11.3 Å². The summed E-state index contributed by atoms with van der Waals surface area (Å²) in [6.45, 7) is 4.74. The van der Waals surface area contributed by atoms with Gasteiger partial charge in [0.25, 0.3) is 0 Å². The second-order valence-electron chi connectivity index (χ2n) is 5.95. The summed E-state index contributed by atoms with van der Waals surface area (Å²) in [6.07, 6.45) is 1.70. The summed E-state index contributed by atoms with van der Waals surface area (Å²) >= 11 is 1.72. The number of hydrogen-bond acceptors (Lipinski definition) is 4. The highest BCUT2D eigenvalue weighted by molar-refractivity contribution is 7.12. The van der Waals surface area contributed by atoms with Crippen LogP contribution in [0, 0.1) is 13.8 Å². The summed E-state index contributed by atoms with van der Waals surface area (Å²) in [7, 11) is 3.68. The van der Waals surface area contributed by atoms with Gasteiger partial charge in [0.1, 0.15) is 12.3 Å². The third-order valence-electron chi connectivity index (χ3n) is 3.31. The molecule has 0 amide bonds. The predicted molar refractivity (Wildman–Crippen MR) is 78.6 cm³/mol. The van der Waals surface area contributed by atoms with Crippen LogP contribution in [-0.2, 0) is 16.0 Å². The molecule has 112 valence electrons. The van der Waals surface area contributed by atoms with Crippen molar-refractivity contribution in [3.8, 4) is 0 Å². The summed E-state index contributed by atoms with van der Waals surface area (Å²) in [6, 6.07) is 2.08. The molecule has 0 fully saturated rings. The molecule has 0 saturated heterocycles. The Morgan fingerprint density at radius 3 is 2.45 bits per heavy atom. The predicted octanol–water partition coefficient (Wildman–Crippen LogP) is 1.08. The molecular formula is C15H23NO3S. The van der Waals surface area contributed by atoms with Crippen LogP contribution >= 0.6 is 11.3 Å². The second-order valence-corrected chi connectivity index (χ2v) is 7.41. The lowest BCUT2D eigenvalue weighted by Gasteiger charge is -2.29. The Morgan fingerprint density at radius 2 is 1.95 bits per heavy atom. The molecule has 1 aromatic heterocycles. The first-order valence-electron chi connectivity index (χ1n) is 6.79. The molecule has 0 atom stereocenters. The highest BCUT2D eigenvalue weighted by atomic mass is 32.1. The number of ketones is 1. The number of carboxylic acid groups (broad SMARTS) is 1. The van der Waals surface area contributed by atoms with E-state index in [0.717, 1.165) is 5.56 Å². The van der Waals surface area contributed by atoms with Crippen molar-refractivity contribution in [1.82, 2.24) is 0 Å².